The van der Waals surface area contributed by atoms with Crippen LogP contribution in [0.5, 0.6) is 0 Å². The molecular weight excluding hydrogens is 593 g/mol. The van der Waals surface area contributed by atoms with Gasteiger partial charge in [0.15, 0.2) is 0 Å². The van der Waals surface area contributed by atoms with Gasteiger partial charge in [-0.05, 0) is 67.4 Å². The van der Waals surface area contributed by atoms with Crippen LogP contribution >= 0.6 is 34.8 Å². The van der Waals surface area contributed by atoms with E-state index in [1.807, 2.05) is 0 Å². The fourth-order valence-corrected chi connectivity index (χ4v) is 7.68. The van der Waals surface area contributed by atoms with Gasteiger partial charge in [-0.3, -0.25) is 9.52 Å². The normalized spacial score (nSPS) is 16.7. The smallest absolute Gasteiger partial charge is 0.261 e. The van der Waals surface area contributed by atoms with Gasteiger partial charge in [-0.15, -0.1) is 0 Å². The van der Waals surface area contributed by atoms with Crippen molar-refractivity contribution in [1.29, 1.82) is 0 Å². The summed E-state index contributed by atoms with van der Waals surface area (Å²) in [7, 11) is -7.63. The Kier molecular flexibility index (Phi) is 8.91. The highest BCUT2D eigenvalue weighted by molar-refractivity contribution is 7.92. The molecule has 0 saturated carbocycles. The lowest BCUT2D eigenvalue weighted by molar-refractivity contribution is -0.120. The molecule has 1 amide bonds. The number of hydrogen-bond acceptors (Lipinski definition) is 5. The van der Waals surface area contributed by atoms with E-state index in [2.05, 4.69) is 10.0 Å². The average Bonchev–Trinajstić information content (AvgIpc) is 2.86. The second-order valence-corrected chi connectivity index (χ2v) is 13.7. The van der Waals surface area contributed by atoms with Crippen LogP contribution in [-0.2, 0) is 30.6 Å². The van der Waals surface area contributed by atoms with Crippen LogP contribution in [0, 0.1) is 5.92 Å². The monoisotopic (exact) mass is 615 g/mol. The van der Waals surface area contributed by atoms with Gasteiger partial charge in [-0.1, -0.05) is 46.9 Å². The summed E-state index contributed by atoms with van der Waals surface area (Å²) in [4.78, 5) is 12.9. The Bertz CT molecular complexity index is 1530. The van der Waals surface area contributed by atoms with Crippen molar-refractivity contribution < 1.29 is 21.6 Å². The minimum atomic E-state index is -3.87. The number of nitrogens with one attached hydrogen (secondary N) is 2. The Morgan fingerprint density at radius 1 is 0.895 bits per heavy atom. The third-order valence-electron chi connectivity index (χ3n) is 6.05. The molecule has 1 heterocycles. The van der Waals surface area contributed by atoms with Crippen LogP contribution in [-0.4, -0.2) is 40.1 Å². The van der Waals surface area contributed by atoms with Crippen molar-refractivity contribution in [3.63, 3.8) is 0 Å². The van der Waals surface area contributed by atoms with Crippen molar-refractivity contribution >= 4 is 72.1 Å². The molecular formula is C25H24Cl3N3O5S2. The molecule has 1 aliphatic heterocycles. The SMILES string of the molecule is O=C(Nc1ccc(S(=O)(=O)Nc2cccc(Cl)c2)cc1)C1CCCN(S(=O)(=O)Cc2c(Cl)cccc2Cl)C1. The van der Waals surface area contributed by atoms with E-state index in [0.717, 1.165) is 0 Å². The predicted molar refractivity (Wildman–Crippen MR) is 151 cm³/mol. The molecule has 2 N–H and O–H groups in total. The number of hydrogen-bond donors (Lipinski definition) is 2. The van der Waals surface area contributed by atoms with Crippen LogP contribution in [0.4, 0.5) is 11.4 Å². The van der Waals surface area contributed by atoms with Crippen LogP contribution in [0.15, 0.2) is 71.6 Å². The van der Waals surface area contributed by atoms with Gasteiger partial charge in [0, 0.05) is 39.4 Å². The van der Waals surface area contributed by atoms with Gasteiger partial charge in [0.25, 0.3) is 10.0 Å². The number of sulfonamides is 2. The molecule has 4 rings (SSSR count). The molecule has 0 aliphatic carbocycles. The van der Waals surface area contributed by atoms with E-state index in [9.17, 15) is 21.6 Å². The first kappa shape index (κ1) is 28.7. The van der Waals surface area contributed by atoms with Crippen molar-refractivity contribution in [1.82, 2.24) is 4.31 Å². The molecule has 38 heavy (non-hydrogen) atoms. The van der Waals surface area contributed by atoms with Crippen molar-refractivity contribution in [3.8, 4) is 0 Å². The molecule has 8 nitrogen and oxygen atoms in total. The summed E-state index contributed by atoms with van der Waals surface area (Å²) >= 11 is 18.2. The van der Waals surface area contributed by atoms with Crippen molar-refractivity contribution in [3.05, 3.63) is 87.4 Å². The summed E-state index contributed by atoms with van der Waals surface area (Å²) in [5.41, 5.74) is 1.03. The van der Waals surface area contributed by atoms with Crippen LogP contribution in [0.2, 0.25) is 15.1 Å². The molecule has 1 aliphatic rings. The first-order valence-corrected chi connectivity index (χ1v) is 15.8. The van der Waals surface area contributed by atoms with Gasteiger partial charge < -0.3 is 5.32 Å². The zero-order chi connectivity index (χ0) is 27.5. The van der Waals surface area contributed by atoms with E-state index in [4.69, 9.17) is 34.8 Å². The van der Waals surface area contributed by atoms with E-state index in [1.165, 1.54) is 34.6 Å². The topological polar surface area (TPSA) is 113 Å². The number of carbonyl (C=O) groups excluding carboxylic acids is 1. The molecule has 3 aromatic rings. The Morgan fingerprint density at radius 3 is 2.21 bits per heavy atom. The van der Waals surface area contributed by atoms with Crippen molar-refractivity contribution in [2.45, 2.75) is 23.5 Å². The summed E-state index contributed by atoms with van der Waals surface area (Å²) in [5, 5.41) is 3.67. The molecule has 1 atom stereocenters. The molecule has 13 heteroatoms. The third-order valence-corrected chi connectivity index (χ3v) is 10.2. The van der Waals surface area contributed by atoms with Gasteiger partial charge in [0.1, 0.15) is 0 Å². The van der Waals surface area contributed by atoms with E-state index < -0.39 is 26.0 Å². The largest absolute Gasteiger partial charge is 0.326 e. The number of amides is 1. The molecule has 0 radical (unpaired) electrons. The van der Waals surface area contributed by atoms with Crippen LogP contribution in [0.1, 0.15) is 18.4 Å². The summed E-state index contributed by atoms with van der Waals surface area (Å²) in [6, 6.07) is 16.8. The maximum absolute atomic E-state index is 13.1. The van der Waals surface area contributed by atoms with Gasteiger partial charge in [-0.25, -0.2) is 21.1 Å². The summed E-state index contributed by atoms with van der Waals surface area (Å²) in [5.74, 6) is -1.29. The molecule has 1 unspecified atom stereocenters. The van der Waals surface area contributed by atoms with E-state index >= 15 is 0 Å². The van der Waals surface area contributed by atoms with Gasteiger partial charge in [0.2, 0.25) is 15.9 Å². The van der Waals surface area contributed by atoms with Gasteiger partial charge in [0.05, 0.1) is 22.3 Å². The molecule has 1 saturated heterocycles. The van der Waals surface area contributed by atoms with E-state index in [1.54, 1.807) is 36.4 Å². The number of anilines is 2. The van der Waals surface area contributed by atoms with Crippen LogP contribution in [0.25, 0.3) is 0 Å². The molecule has 1 fully saturated rings. The number of rotatable bonds is 8. The molecule has 202 valence electrons. The molecule has 0 spiro atoms. The Balaban J connectivity index is 1.40. The van der Waals surface area contributed by atoms with Crippen molar-refractivity contribution in [2.24, 2.45) is 5.92 Å². The molecule has 3 aromatic carbocycles. The highest BCUT2D eigenvalue weighted by atomic mass is 35.5. The van der Waals surface area contributed by atoms with Crippen LogP contribution < -0.4 is 10.0 Å². The number of piperidine rings is 1. The minimum Gasteiger partial charge on any atom is -0.326 e. The second-order valence-electron chi connectivity index (χ2n) is 8.78. The summed E-state index contributed by atoms with van der Waals surface area (Å²) in [6.07, 6.45) is 1.03. The van der Waals surface area contributed by atoms with E-state index in [0.29, 0.717) is 41.3 Å². The fraction of sp³-hybridized carbons (Fsp3) is 0.240. The Morgan fingerprint density at radius 2 is 1.55 bits per heavy atom. The van der Waals surface area contributed by atoms with Crippen LogP contribution in [0.3, 0.4) is 0 Å². The summed E-state index contributed by atoms with van der Waals surface area (Å²) < 4.78 is 55.2. The first-order chi connectivity index (χ1) is 17.9. The highest BCUT2D eigenvalue weighted by Gasteiger charge is 2.33. The Hall–Kier alpha value is -2.34. The highest BCUT2D eigenvalue weighted by Crippen LogP contribution is 2.29. The summed E-state index contributed by atoms with van der Waals surface area (Å²) in [6.45, 7) is 0.312. The zero-order valence-corrected chi connectivity index (χ0v) is 23.8. The first-order valence-electron chi connectivity index (χ1n) is 11.5. The third kappa shape index (κ3) is 6.99. The molecule has 0 aromatic heterocycles. The lowest BCUT2D eigenvalue weighted by Crippen LogP contribution is -2.44. The second kappa shape index (κ2) is 11.8. The Labute approximate surface area is 237 Å². The van der Waals surface area contributed by atoms with Gasteiger partial charge in [-0.2, -0.15) is 0 Å². The number of carbonyl (C=O) groups is 1. The average molecular weight is 617 g/mol. The van der Waals surface area contributed by atoms with Crippen molar-refractivity contribution in [2.75, 3.05) is 23.1 Å². The predicted octanol–water partition coefficient (Wildman–Crippen LogP) is 5.63. The number of benzene rings is 3. The zero-order valence-electron chi connectivity index (χ0n) is 19.9. The maximum Gasteiger partial charge on any atom is 0.261 e. The number of halogens is 3. The number of nitrogens with zero attached hydrogens (tertiary/aromatic N) is 1. The lowest BCUT2D eigenvalue weighted by atomic mass is 9.99. The quantitative estimate of drug-likeness (QED) is 0.341. The standard InChI is InChI=1S/C25H24Cl3N3O5S2/c26-18-5-1-6-20(14-18)30-38(35,36)21-11-9-19(10-12-21)29-25(32)17-4-3-13-31(15-17)37(33,34)16-22-23(27)7-2-8-24(22)28/h1-2,5-12,14,17,30H,3-4,13,15-16H2,(H,29,32). The fourth-order valence-electron chi connectivity index (χ4n) is 4.08. The van der Waals surface area contributed by atoms with E-state index in [-0.39, 0.29) is 33.1 Å². The lowest BCUT2D eigenvalue weighted by Gasteiger charge is -2.31. The maximum atomic E-state index is 13.1. The minimum absolute atomic E-state index is 0.00337. The molecule has 0 bridgehead atoms. The van der Waals surface area contributed by atoms with Gasteiger partial charge >= 0.3 is 0 Å².